The molecule has 0 fully saturated rings. The van der Waals surface area contributed by atoms with Crippen molar-refractivity contribution in [3.8, 4) is 0 Å². The van der Waals surface area contributed by atoms with E-state index in [1.807, 2.05) is 31.2 Å². The van der Waals surface area contributed by atoms with Gasteiger partial charge in [-0.2, -0.15) is 0 Å². The van der Waals surface area contributed by atoms with Crippen LogP contribution in [0.4, 0.5) is 0 Å². The molecule has 0 saturated carbocycles. The second kappa shape index (κ2) is 7.90. The molecule has 0 amide bonds. The number of rotatable bonds is 7. The van der Waals surface area contributed by atoms with E-state index in [2.05, 4.69) is 5.32 Å². The number of aryl methyl sites for hydroxylation is 1. The Morgan fingerprint density at radius 1 is 1.09 bits per heavy atom. The zero-order chi connectivity index (χ0) is 16.8. The molecule has 2 N–H and O–H groups in total. The minimum atomic E-state index is -1.04. The van der Waals surface area contributed by atoms with Gasteiger partial charge in [-0.3, -0.25) is 14.9 Å². The summed E-state index contributed by atoms with van der Waals surface area (Å²) in [6.45, 7) is 2.29. The average molecular weight is 332 g/mol. The van der Waals surface area contributed by atoms with Crippen molar-refractivity contribution in [3.05, 3.63) is 70.2 Å². The van der Waals surface area contributed by atoms with E-state index in [-0.39, 0.29) is 12.2 Å². The monoisotopic (exact) mass is 331 g/mol. The Kier molecular flexibility index (Phi) is 5.90. The smallest absolute Gasteiger partial charge is 0.321 e. The molecule has 2 aromatic rings. The quantitative estimate of drug-likeness (QED) is 0.762. The Morgan fingerprint density at radius 3 is 2.26 bits per heavy atom. The van der Waals surface area contributed by atoms with Crippen molar-refractivity contribution in [2.24, 2.45) is 0 Å². The third kappa shape index (κ3) is 5.20. The van der Waals surface area contributed by atoms with E-state index in [9.17, 15) is 14.7 Å². The molecule has 23 heavy (non-hydrogen) atoms. The first-order chi connectivity index (χ1) is 11.0. The normalized spacial score (nSPS) is 11.9. The maximum Gasteiger partial charge on any atom is 0.321 e. The van der Waals surface area contributed by atoms with Gasteiger partial charge in [0.05, 0.1) is 0 Å². The minimum absolute atomic E-state index is 0.0913. The molecule has 0 aromatic heterocycles. The van der Waals surface area contributed by atoms with Gasteiger partial charge in [0.2, 0.25) is 0 Å². The molecule has 0 unspecified atom stereocenters. The van der Waals surface area contributed by atoms with Crippen molar-refractivity contribution in [2.45, 2.75) is 25.9 Å². The number of carbonyl (C=O) groups is 2. The third-order valence-electron chi connectivity index (χ3n) is 3.53. The number of halogens is 1. The van der Waals surface area contributed by atoms with Crippen LogP contribution in [0.25, 0.3) is 0 Å². The number of carboxylic acids is 1. The fourth-order valence-corrected chi connectivity index (χ4v) is 2.26. The third-order valence-corrected chi connectivity index (χ3v) is 3.78. The summed E-state index contributed by atoms with van der Waals surface area (Å²) >= 11 is 5.81. The van der Waals surface area contributed by atoms with E-state index in [1.54, 1.807) is 24.3 Å². The predicted octanol–water partition coefficient (Wildman–Crippen LogP) is 3.46. The standard InChI is InChI=1S/C18H18ClNO3/c1-12-2-6-14(7-3-12)17(21)10-16(18(22)23)20-11-13-4-8-15(19)9-5-13/h2-9,16,20H,10-11H2,1H3,(H,22,23)/t16-/m1/s1. The molecule has 0 saturated heterocycles. The SMILES string of the molecule is Cc1ccc(C(=O)C[C@@H](NCc2ccc(Cl)cc2)C(=O)O)cc1. The molecular weight excluding hydrogens is 314 g/mol. The molecule has 0 bridgehead atoms. The zero-order valence-corrected chi connectivity index (χ0v) is 13.5. The van der Waals surface area contributed by atoms with Crippen LogP contribution in [0.15, 0.2) is 48.5 Å². The van der Waals surface area contributed by atoms with Gasteiger partial charge in [0.25, 0.3) is 0 Å². The van der Waals surface area contributed by atoms with Crippen LogP contribution in [-0.2, 0) is 11.3 Å². The largest absolute Gasteiger partial charge is 0.480 e. The summed E-state index contributed by atoms with van der Waals surface area (Å²) in [4.78, 5) is 23.6. The van der Waals surface area contributed by atoms with Gasteiger partial charge in [0.15, 0.2) is 5.78 Å². The summed E-state index contributed by atoms with van der Waals surface area (Å²) in [6.07, 6.45) is -0.0913. The number of carboxylic acid groups (broad SMARTS) is 1. The van der Waals surface area contributed by atoms with E-state index >= 15 is 0 Å². The van der Waals surface area contributed by atoms with Gasteiger partial charge in [0, 0.05) is 23.6 Å². The summed E-state index contributed by atoms with van der Waals surface area (Å²) < 4.78 is 0. The lowest BCUT2D eigenvalue weighted by Crippen LogP contribution is -2.38. The van der Waals surface area contributed by atoms with Crippen LogP contribution in [0.5, 0.6) is 0 Å². The maximum absolute atomic E-state index is 12.2. The molecule has 4 nitrogen and oxygen atoms in total. The number of ketones is 1. The van der Waals surface area contributed by atoms with Crippen molar-refractivity contribution in [1.29, 1.82) is 0 Å². The highest BCUT2D eigenvalue weighted by Crippen LogP contribution is 2.11. The second-order valence-electron chi connectivity index (χ2n) is 5.39. The lowest BCUT2D eigenvalue weighted by Gasteiger charge is -2.14. The fourth-order valence-electron chi connectivity index (χ4n) is 2.13. The molecule has 1 atom stereocenters. The summed E-state index contributed by atoms with van der Waals surface area (Å²) in [5.41, 5.74) is 2.48. The second-order valence-corrected chi connectivity index (χ2v) is 5.83. The van der Waals surface area contributed by atoms with Crippen LogP contribution in [0.2, 0.25) is 5.02 Å². The van der Waals surface area contributed by atoms with Crippen LogP contribution in [0.1, 0.15) is 27.9 Å². The Morgan fingerprint density at radius 2 is 1.70 bits per heavy atom. The van der Waals surface area contributed by atoms with Crippen molar-refractivity contribution < 1.29 is 14.7 Å². The lowest BCUT2D eigenvalue weighted by atomic mass is 10.0. The van der Waals surface area contributed by atoms with Crippen molar-refractivity contribution in [3.63, 3.8) is 0 Å². The first-order valence-electron chi connectivity index (χ1n) is 7.26. The molecule has 0 spiro atoms. The maximum atomic E-state index is 12.2. The van der Waals surface area contributed by atoms with Crippen molar-refractivity contribution in [1.82, 2.24) is 5.32 Å². The molecule has 0 aliphatic heterocycles. The van der Waals surface area contributed by atoms with Crippen molar-refractivity contribution in [2.75, 3.05) is 0 Å². The van der Waals surface area contributed by atoms with Crippen LogP contribution in [-0.4, -0.2) is 22.9 Å². The van der Waals surface area contributed by atoms with Gasteiger partial charge < -0.3 is 5.11 Å². The Bertz CT molecular complexity index is 680. The Balaban J connectivity index is 1.98. The average Bonchev–Trinajstić information content (AvgIpc) is 2.53. The van der Waals surface area contributed by atoms with Crippen molar-refractivity contribution >= 4 is 23.4 Å². The summed E-state index contributed by atoms with van der Waals surface area (Å²) in [7, 11) is 0. The summed E-state index contributed by atoms with van der Waals surface area (Å²) in [5.74, 6) is -1.24. The van der Waals surface area contributed by atoms with Gasteiger partial charge >= 0.3 is 5.97 Å². The van der Waals surface area contributed by atoms with Crippen LogP contribution in [0, 0.1) is 6.92 Å². The van der Waals surface area contributed by atoms with E-state index in [0.29, 0.717) is 17.1 Å². The number of hydrogen-bond donors (Lipinski definition) is 2. The first-order valence-corrected chi connectivity index (χ1v) is 7.64. The first kappa shape index (κ1) is 17.2. The number of hydrogen-bond acceptors (Lipinski definition) is 3. The highest BCUT2D eigenvalue weighted by Gasteiger charge is 2.21. The molecule has 0 aliphatic carbocycles. The number of carbonyl (C=O) groups excluding carboxylic acids is 1. The van der Waals surface area contributed by atoms with E-state index in [1.165, 1.54) is 0 Å². The summed E-state index contributed by atoms with van der Waals surface area (Å²) in [6, 6.07) is 13.3. The molecule has 0 radical (unpaired) electrons. The molecule has 2 rings (SSSR count). The Labute approximate surface area is 140 Å². The highest BCUT2D eigenvalue weighted by atomic mass is 35.5. The molecule has 2 aromatic carbocycles. The predicted molar refractivity (Wildman–Crippen MR) is 89.8 cm³/mol. The van der Waals surface area contributed by atoms with Gasteiger partial charge in [0.1, 0.15) is 6.04 Å². The minimum Gasteiger partial charge on any atom is -0.480 e. The van der Waals surface area contributed by atoms with Crippen LogP contribution in [0.3, 0.4) is 0 Å². The highest BCUT2D eigenvalue weighted by molar-refractivity contribution is 6.30. The molecule has 0 heterocycles. The van der Waals surface area contributed by atoms with Crippen LogP contribution < -0.4 is 5.32 Å². The van der Waals surface area contributed by atoms with Gasteiger partial charge in [-0.25, -0.2) is 0 Å². The van der Waals surface area contributed by atoms with E-state index in [0.717, 1.165) is 11.1 Å². The number of nitrogens with one attached hydrogen (secondary N) is 1. The van der Waals surface area contributed by atoms with E-state index < -0.39 is 12.0 Å². The number of Topliss-reactive ketones (excluding diaryl/α,β-unsaturated/α-hetero) is 1. The molecule has 5 heteroatoms. The molecule has 0 aliphatic rings. The lowest BCUT2D eigenvalue weighted by molar-refractivity contribution is -0.139. The molecule has 120 valence electrons. The molecular formula is C18H18ClNO3. The number of aliphatic carboxylic acids is 1. The van der Waals surface area contributed by atoms with E-state index in [4.69, 9.17) is 11.6 Å². The van der Waals surface area contributed by atoms with Gasteiger partial charge in [-0.1, -0.05) is 53.6 Å². The fraction of sp³-hybridized carbons (Fsp3) is 0.222. The topological polar surface area (TPSA) is 66.4 Å². The van der Waals surface area contributed by atoms with Crippen LogP contribution >= 0.6 is 11.6 Å². The summed E-state index contributed by atoms with van der Waals surface area (Å²) in [5, 5.41) is 12.8. The number of benzene rings is 2. The zero-order valence-electron chi connectivity index (χ0n) is 12.8. The van der Waals surface area contributed by atoms with Gasteiger partial charge in [-0.15, -0.1) is 0 Å². The van der Waals surface area contributed by atoms with Gasteiger partial charge in [-0.05, 0) is 24.6 Å². The Hall–Kier alpha value is -2.17.